The van der Waals surface area contributed by atoms with Crippen molar-refractivity contribution < 1.29 is 43.2 Å². The Morgan fingerprint density at radius 2 is 1.26 bits per heavy atom. The number of benzene rings is 3. The topological polar surface area (TPSA) is 229 Å². The summed E-state index contributed by atoms with van der Waals surface area (Å²) >= 11 is 0. The Morgan fingerprint density at radius 3 is 1.97 bits per heavy atom. The van der Waals surface area contributed by atoms with Crippen LogP contribution in [0, 0.1) is 5.92 Å². The van der Waals surface area contributed by atoms with Crippen LogP contribution in [0.3, 0.4) is 0 Å². The summed E-state index contributed by atoms with van der Waals surface area (Å²) < 4.78 is 0. The number of hydrogen-bond acceptors (Lipinski definition) is 9. The fourth-order valence-electron chi connectivity index (χ4n) is 8.41. The van der Waals surface area contributed by atoms with Crippen molar-refractivity contribution >= 4 is 70.8 Å². The molecule has 4 atom stereocenters. The third kappa shape index (κ3) is 17.7. The van der Waals surface area contributed by atoms with Gasteiger partial charge in [0.05, 0.1) is 24.8 Å². The van der Waals surface area contributed by atoms with Gasteiger partial charge in [-0.15, -0.1) is 6.58 Å². The van der Waals surface area contributed by atoms with E-state index >= 15 is 0 Å². The van der Waals surface area contributed by atoms with Crippen LogP contribution in [0.1, 0.15) is 113 Å². The summed E-state index contributed by atoms with van der Waals surface area (Å²) in [6, 6.07) is 21.1. The molecular weight excluding hydrogens is 891 g/mol. The Kier molecular flexibility index (Phi) is 21.2. The lowest BCUT2D eigenvalue weighted by Gasteiger charge is -2.27. The van der Waals surface area contributed by atoms with Crippen LogP contribution in [0.4, 0.5) is 5.69 Å². The van der Waals surface area contributed by atoms with Gasteiger partial charge in [0, 0.05) is 51.1 Å². The van der Waals surface area contributed by atoms with Crippen LogP contribution in [-0.4, -0.2) is 90.7 Å². The summed E-state index contributed by atoms with van der Waals surface area (Å²) in [7, 11) is 0. The number of fused-ring (bicyclic) bond motifs is 2. The van der Waals surface area contributed by atoms with Gasteiger partial charge >= 0.3 is 0 Å². The van der Waals surface area contributed by atoms with Gasteiger partial charge in [-0.25, -0.2) is 0 Å². The summed E-state index contributed by atoms with van der Waals surface area (Å²) in [5.41, 5.74) is 5.43. The van der Waals surface area contributed by atoms with Crippen molar-refractivity contribution in [3.05, 3.63) is 113 Å². The maximum atomic E-state index is 14.2. The van der Waals surface area contributed by atoms with Gasteiger partial charge in [0.25, 0.3) is 0 Å². The molecule has 2 aliphatic heterocycles. The first-order valence-electron chi connectivity index (χ1n) is 24.2. The fourth-order valence-corrected chi connectivity index (χ4v) is 8.41. The van der Waals surface area contributed by atoms with Gasteiger partial charge < -0.3 is 36.8 Å². The van der Waals surface area contributed by atoms with E-state index in [-0.39, 0.29) is 88.0 Å². The number of carbonyl (C=O) groups is 9. The first-order chi connectivity index (χ1) is 33.7. The molecule has 5 rings (SSSR count). The summed E-state index contributed by atoms with van der Waals surface area (Å²) in [5.74, 6) is -5.31. The predicted octanol–water partition coefficient (Wildman–Crippen LogP) is 4.79. The van der Waals surface area contributed by atoms with Crippen molar-refractivity contribution in [3.63, 3.8) is 0 Å². The minimum Gasteiger partial charge on any atom is -0.356 e. The van der Waals surface area contributed by atoms with E-state index < -0.39 is 60.0 Å². The molecule has 4 unspecified atom stereocenters. The average molecular weight is 958 g/mol. The number of nitrogens with one attached hydrogen (secondary N) is 6. The zero-order chi connectivity index (χ0) is 50.4. The molecule has 16 nitrogen and oxygen atoms in total. The Labute approximate surface area is 410 Å². The molecule has 2 aliphatic rings. The normalized spacial score (nSPS) is 19.2. The molecule has 1 saturated heterocycles. The number of unbranched alkanes of at least 4 members (excludes halogenated alkanes) is 2. The molecule has 0 radical (unpaired) electrons. The SMILES string of the molecule is C=C(C)CCCCC1NC(=O)C(CCCCNC(=O)CCC(=O)NCCC(=O)N2Cc3ccccc3/C=C\c3ccccc32)NC(=O)C(Cc2ccccc2)CC(=O)C(CC(C)=O)NC(=O)CNC1=O. The number of allylic oxidation sites excluding steroid dienone is 1. The van der Waals surface area contributed by atoms with Crippen LogP contribution in [0.25, 0.3) is 12.2 Å². The van der Waals surface area contributed by atoms with Crippen molar-refractivity contribution in [2.45, 2.75) is 122 Å². The molecule has 1 fully saturated rings. The van der Waals surface area contributed by atoms with E-state index in [1.807, 2.05) is 73.7 Å². The quantitative estimate of drug-likeness (QED) is 0.0675. The minimum absolute atomic E-state index is 0.0623. The first kappa shape index (κ1) is 53.7. The number of rotatable bonds is 20. The molecule has 372 valence electrons. The van der Waals surface area contributed by atoms with Crippen LogP contribution < -0.4 is 36.8 Å². The van der Waals surface area contributed by atoms with E-state index in [0.29, 0.717) is 38.6 Å². The third-order valence-corrected chi connectivity index (χ3v) is 12.2. The number of hydrogen-bond donors (Lipinski definition) is 6. The molecule has 3 aromatic rings. The summed E-state index contributed by atoms with van der Waals surface area (Å²) in [6.45, 7) is 7.30. The van der Waals surface area contributed by atoms with Gasteiger partial charge in [-0.1, -0.05) is 96.9 Å². The summed E-state index contributed by atoms with van der Waals surface area (Å²) in [5, 5.41) is 16.3. The van der Waals surface area contributed by atoms with Crippen molar-refractivity contribution in [1.82, 2.24) is 31.9 Å². The Bertz CT molecular complexity index is 2400. The van der Waals surface area contributed by atoms with Crippen LogP contribution in [0.5, 0.6) is 0 Å². The highest BCUT2D eigenvalue weighted by atomic mass is 16.2. The molecule has 0 bridgehead atoms. The van der Waals surface area contributed by atoms with Crippen molar-refractivity contribution in [1.29, 1.82) is 0 Å². The molecule has 0 spiro atoms. The van der Waals surface area contributed by atoms with E-state index in [0.717, 1.165) is 33.5 Å². The average Bonchev–Trinajstić information content (AvgIpc) is 3.33. The Balaban J connectivity index is 1.16. The second-order valence-corrected chi connectivity index (χ2v) is 18.1. The highest BCUT2D eigenvalue weighted by molar-refractivity contribution is 5.99. The van der Waals surface area contributed by atoms with Gasteiger partial charge in [-0.3, -0.25) is 43.2 Å². The zero-order valence-corrected chi connectivity index (χ0v) is 40.3. The van der Waals surface area contributed by atoms with Crippen LogP contribution in [0.15, 0.2) is 91.0 Å². The predicted molar refractivity (Wildman–Crippen MR) is 267 cm³/mol. The molecule has 16 heteroatoms. The van der Waals surface area contributed by atoms with E-state index in [4.69, 9.17) is 0 Å². The third-order valence-electron chi connectivity index (χ3n) is 12.2. The molecule has 6 N–H and O–H groups in total. The fraction of sp³-hybridized carbons (Fsp3) is 0.426. The number of ketones is 2. The van der Waals surface area contributed by atoms with E-state index in [1.165, 1.54) is 6.92 Å². The number of carbonyl (C=O) groups excluding carboxylic acids is 9. The summed E-state index contributed by atoms with van der Waals surface area (Å²) in [6.07, 6.45) is 6.46. The van der Waals surface area contributed by atoms with Gasteiger partial charge in [0.2, 0.25) is 41.4 Å². The lowest BCUT2D eigenvalue weighted by atomic mass is 9.89. The van der Waals surface area contributed by atoms with Crippen molar-refractivity contribution in [3.8, 4) is 0 Å². The molecular formula is C54H67N7O9. The van der Waals surface area contributed by atoms with Crippen molar-refractivity contribution in [2.75, 3.05) is 24.5 Å². The van der Waals surface area contributed by atoms with Gasteiger partial charge in [-0.2, -0.15) is 0 Å². The number of amides is 7. The largest absolute Gasteiger partial charge is 0.356 e. The van der Waals surface area contributed by atoms with Crippen molar-refractivity contribution in [2.24, 2.45) is 5.92 Å². The smallest absolute Gasteiger partial charge is 0.243 e. The number of para-hydroxylation sites is 1. The van der Waals surface area contributed by atoms with Crippen LogP contribution >= 0.6 is 0 Å². The zero-order valence-electron chi connectivity index (χ0n) is 40.3. The minimum atomic E-state index is -1.23. The first-order valence-corrected chi connectivity index (χ1v) is 24.2. The second-order valence-electron chi connectivity index (χ2n) is 18.1. The monoisotopic (exact) mass is 958 g/mol. The summed E-state index contributed by atoms with van der Waals surface area (Å²) in [4.78, 5) is 122. The molecule has 2 heterocycles. The van der Waals surface area contributed by atoms with E-state index in [1.54, 1.807) is 29.2 Å². The number of Topliss-reactive ketones (excluding diaryl/α,β-unsaturated/α-hetero) is 2. The number of anilines is 1. The molecule has 70 heavy (non-hydrogen) atoms. The van der Waals surface area contributed by atoms with E-state index in [9.17, 15) is 43.2 Å². The van der Waals surface area contributed by atoms with Crippen LogP contribution in [-0.2, 0) is 56.1 Å². The highest BCUT2D eigenvalue weighted by Crippen LogP contribution is 2.29. The van der Waals surface area contributed by atoms with Gasteiger partial charge in [-0.05, 0) is 87.1 Å². The molecule has 0 saturated carbocycles. The number of nitrogens with zero attached hydrogens (tertiary/aromatic N) is 1. The van der Waals surface area contributed by atoms with Gasteiger partial charge in [0.1, 0.15) is 17.9 Å². The van der Waals surface area contributed by atoms with E-state index in [2.05, 4.69) is 38.5 Å². The molecule has 3 aromatic carbocycles. The standard InChI is InChI=1S/C54H67N7O9/c1-36(2)15-7-11-21-43-53(69)57-34-50(66)58-45(31-37(3)62)47(63)33-42(32-38-16-5-4-6-17-38)52(68)59-44(54(70)60-43)22-13-14-29-55-48(64)26-27-49(65)56-30-28-51(67)61-35-41-20-9-8-18-39(41)24-25-40-19-10-12-23-46(40)61/h4-6,8-10,12,16-20,23-25,42-45H,1,7,11,13-15,21-22,26-35H2,2-3H3,(H,55,64)(H,56,65)(H,57,69)(H,58,66)(H,59,68)(H,60,70)/b25-24-. The second kappa shape index (κ2) is 27.7. The molecule has 0 aliphatic carbocycles. The maximum absolute atomic E-state index is 14.2. The molecule has 0 aromatic heterocycles. The van der Waals surface area contributed by atoms with Gasteiger partial charge in [0.15, 0.2) is 5.78 Å². The van der Waals surface area contributed by atoms with Crippen LogP contribution in [0.2, 0.25) is 0 Å². The molecule has 7 amide bonds. The lowest BCUT2D eigenvalue weighted by Crippen LogP contribution is -2.55. The lowest BCUT2D eigenvalue weighted by molar-refractivity contribution is -0.135. The maximum Gasteiger partial charge on any atom is 0.243 e. The Morgan fingerprint density at radius 1 is 0.643 bits per heavy atom. The highest BCUT2D eigenvalue weighted by Gasteiger charge is 2.33. The Hall–Kier alpha value is -7.23.